The van der Waals surface area contributed by atoms with Crippen LogP contribution in [0.15, 0.2) is 34.1 Å². The molecule has 1 aliphatic rings. The first kappa shape index (κ1) is 15.8. The number of nitrogens with one attached hydrogen (secondary N) is 1. The van der Waals surface area contributed by atoms with Crippen molar-refractivity contribution < 1.29 is 8.42 Å². The quantitative estimate of drug-likeness (QED) is 0.858. The van der Waals surface area contributed by atoms with Gasteiger partial charge in [0.25, 0.3) is 0 Å². The Morgan fingerprint density at radius 3 is 2.44 bits per heavy atom. The minimum absolute atomic E-state index is 0. The minimum atomic E-state index is -3.33. The molecule has 1 saturated heterocycles. The molecule has 2 rings (SSSR count). The summed E-state index contributed by atoms with van der Waals surface area (Å²) in [5.41, 5.74) is 0. The van der Waals surface area contributed by atoms with Gasteiger partial charge in [0.1, 0.15) is 0 Å². The number of hydrogen-bond acceptors (Lipinski definition) is 4. The molecule has 102 valence electrons. The maximum atomic E-state index is 12.5. The summed E-state index contributed by atoms with van der Waals surface area (Å²) in [6.07, 6.45) is 1.89. The van der Waals surface area contributed by atoms with Crippen LogP contribution < -0.4 is 5.32 Å². The van der Waals surface area contributed by atoms with Gasteiger partial charge in [0.2, 0.25) is 10.0 Å². The van der Waals surface area contributed by atoms with Crippen LogP contribution in [0.1, 0.15) is 0 Å². The lowest BCUT2D eigenvalue weighted by Gasteiger charge is -2.27. The van der Waals surface area contributed by atoms with Crippen molar-refractivity contribution in [2.45, 2.75) is 9.79 Å². The van der Waals surface area contributed by atoms with Gasteiger partial charge in [-0.25, -0.2) is 8.42 Å². The summed E-state index contributed by atoms with van der Waals surface area (Å²) in [6, 6.07) is 7.17. The average molecular weight is 309 g/mol. The molecule has 1 aliphatic heterocycles. The molecule has 0 spiro atoms. The second-order valence-electron chi connectivity index (χ2n) is 3.80. The van der Waals surface area contributed by atoms with Gasteiger partial charge in [-0.1, -0.05) is 12.1 Å². The van der Waals surface area contributed by atoms with Crippen LogP contribution in [0.5, 0.6) is 0 Å². The third-order valence-corrected chi connectivity index (χ3v) is 5.64. The molecule has 0 bridgehead atoms. The zero-order valence-electron chi connectivity index (χ0n) is 10.1. The van der Waals surface area contributed by atoms with Crippen LogP contribution >= 0.6 is 24.2 Å². The fraction of sp³-hybridized carbons (Fsp3) is 0.455. The molecule has 0 unspecified atom stereocenters. The molecule has 0 aliphatic carbocycles. The first-order chi connectivity index (χ1) is 8.16. The molecule has 0 aromatic heterocycles. The van der Waals surface area contributed by atoms with Crippen molar-refractivity contribution in [3.63, 3.8) is 0 Å². The second-order valence-corrected chi connectivity index (χ2v) is 6.56. The van der Waals surface area contributed by atoms with Crippen LogP contribution in [0.3, 0.4) is 0 Å². The number of hydrogen-bond donors (Lipinski definition) is 1. The Bertz CT molecular complexity index is 488. The highest BCUT2D eigenvalue weighted by Crippen LogP contribution is 2.26. The lowest BCUT2D eigenvalue weighted by atomic mass is 10.4. The number of nitrogens with zero attached hydrogens (tertiary/aromatic N) is 1. The van der Waals surface area contributed by atoms with E-state index in [1.807, 2.05) is 18.4 Å². The maximum absolute atomic E-state index is 12.5. The molecule has 1 aromatic carbocycles. The van der Waals surface area contributed by atoms with Crippen LogP contribution in [0.25, 0.3) is 0 Å². The van der Waals surface area contributed by atoms with Gasteiger partial charge in [-0.15, -0.1) is 24.2 Å². The fourth-order valence-corrected chi connectivity index (χ4v) is 4.42. The van der Waals surface area contributed by atoms with E-state index < -0.39 is 10.0 Å². The topological polar surface area (TPSA) is 49.4 Å². The van der Waals surface area contributed by atoms with Crippen LogP contribution in [-0.4, -0.2) is 45.2 Å². The van der Waals surface area contributed by atoms with Gasteiger partial charge in [-0.05, 0) is 18.4 Å². The SMILES string of the molecule is CSc1ccccc1S(=O)(=O)N1CCNCC1.Cl. The van der Waals surface area contributed by atoms with Crippen molar-refractivity contribution in [3.8, 4) is 0 Å². The lowest BCUT2D eigenvalue weighted by Crippen LogP contribution is -2.46. The van der Waals surface area contributed by atoms with Gasteiger partial charge in [0.05, 0.1) is 4.90 Å². The van der Waals surface area contributed by atoms with Gasteiger partial charge < -0.3 is 5.32 Å². The van der Waals surface area contributed by atoms with Crippen molar-refractivity contribution in [1.29, 1.82) is 0 Å². The summed E-state index contributed by atoms with van der Waals surface area (Å²) in [7, 11) is -3.33. The molecule has 0 atom stereocenters. The minimum Gasteiger partial charge on any atom is -0.314 e. The van der Waals surface area contributed by atoms with Gasteiger partial charge in [-0.3, -0.25) is 0 Å². The van der Waals surface area contributed by atoms with Gasteiger partial charge >= 0.3 is 0 Å². The molecule has 0 radical (unpaired) electrons. The Morgan fingerprint density at radius 2 is 1.83 bits per heavy atom. The third kappa shape index (κ3) is 3.19. The van der Waals surface area contributed by atoms with E-state index in [0.717, 1.165) is 18.0 Å². The molecule has 0 amide bonds. The average Bonchev–Trinajstić information content (AvgIpc) is 2.39. The normalized spacial score (nSPS) is 17.2. The summed E-state index contributed by atoms with van der Waals surface area (Å²) in [6.45, 7) is 2.54. The summed E-state index contributed by atoms with van der Waals surface area (Å²) in [5.74, 6) is 0. The lowest BCUT2D eigenvalue weighted by molar-refractivity contribution is 0.359. The summed E-state index contributed by atoms with van der Waals surface area (Å²) >= 11 is 1.46. The predicted molar refractivity (Wildman–Crippen MR) is 77.1 cm³/mol. The molecule has 18 heavy (non-hydrogen) atoms. The maximum Gasteiger partial charge on any atom is 0.244 e. The number of thioether (sulfide) groups is 1. The Morgan fingerprint density at radius 1 is 1.22 bits per heavy atom. The molecule has 7 heteroatoms. The van der Waals surface area contributed by atoms with Crippen molar-refractivity contribution >= 4 is 34.2 Å². The van der Waals surface area contributed by atoms with Crippen molar-refractivity contribution in [1.82, 2.24) is 9.62 Å². The Kier molecular flexibility index (Phi) is 5.94. The summed E-state index contributed by atoms with van der Waals surface area (Å²) in [4.78, 5) is 1.24. The molecule has 4 nitrogen and oxygen atoms in total. The monoisotopic (exact) mass is 308 g/mol. The largest absolute Gasteiger partial charge is 0.314 e. The Balaban J connectivity index is 0.00000162. The van der Waals surface area contributed by atoms with Crippen LogP contribution in [0.4, 0.5) is 0 Å². The molecule has 0 saturated carbocycles. The first-order valence-corrected chi connectivity index (χ1v) is 8.16. The molecular formula is C11H17ClN2O2S2. The van der Waals surface area contributed by atoms with Gasteiger partial charge in [0, 0.05) is 31.1 Å². The number of halogens is 1. The molecule has 1 aromatic rings. The molecule has 1 heterocycles. The predicted octanol–water partition coefficient (Wildman–Crippen LogP) is 1.42. The van der Waals surface area contributed by atoms with Crippen molar-refractivity contribution in [2.24, 2.45) is 0 Å². The van der Waals surface area contributed by atoms with Gasteiger partial charge in [0.15, 0.2) is 0 Å². The second kappa shape index (κ2) is 6.77. The van der Waals surface area contributed by atoms with Gasteiger partial charge in [-0.2, -0.15) is 4.31 Å². The highest BCUT2D eigenvalue weighted by Gasteiger charge is 2.27. The fourth-order valence-electron chi connectivity index (χ4n) is 1.86. The van der Waals surface area contributed by atoms with E-state index in [1.54, 1.807) is 16.4 Å². The van der Waals surface area contributed by atoms with E-state index in [2.05, 4.69) is 5.32 Å². The smallest absolute Gasteiger partial charge is 0.244 e. The number of rotatable bonds is 3. The number of benzene rings is 1. The highest BCUT2D eigenvalue weighted by atomic mass is 35.5. The Labute approximate surface area is 119 Å². The van der Waals surface area contributed by atoms with E-state index in [1.165, 1.54) is 11.8 Å². The Hall–Kier alpha value is -0.270. The molecule has 1 fully saturated rings. The van der Waals surface area contributed by atoms with E-state index >= 15 is 0 Å². The first-order valence-electron chi connectivity index (χ1n) is 5.50. The zero-order valence-corrected chi connectivity index (χ0v) is 12.6. The van der Waals surface area contributed by atoms with Crippen molar-refractivity contribution in [2.75, 3.05) is 32.4 Å². The highest BCUT2D eigenvalue weighted by molar-refractivity contribution is 7.99. The van der Waals surface area contributed by atoms with E-state index in [-0.39, 0.29) is 12.4 Å². The number of sulfonamides is 1. The number of piperazine rings is 1. The van der Waals surface area contributed by atoms with E-state index in [4.69, 9.17) is 0 Å². The molecular weight excluding hydrogens is 292 g/mol. The van der Waals surface area contributed by atoms with Crippen molar-refractivity contribution in [3.05, 3.63) is 24.3 Å². The van der Waals surface area contributed by atoms with E-state index in [9.17, 15) is 8.42 Å². The molecule has 1 N–H and O–H groups in total. The van der Waals surface area contributed by atoms with E-state index in [0.29, 0.717) is 18.0 Å². The van der Waals surface area contributed by atoms with Crippen LogP contribution in [0.2, 0.25) is 0 Å². The third-order valence-electron chi connectivity index (χ3n) is 2.76. The zero-order chi connectivity index (χ0) is 12.3. The standard InChI is InChI=1S/C11H16N2O2S2.ClH/c1-16-10-4-2-3-5-11(10)17(14,15)13-8-6-12-7-9-13;/h2-5,12H,6-9H2,1H3;1H. The summed E-state index contributed by atoms with van der Waals surface area (Å²) in [5, 5.41) is 3.16. The van der Waals surface area contributed by atoms with Crippen LogP contribution in [0, 0.1) is 0 Å². The van der Waals surface area contributed by atoms with Crippen LogP contribution in [-0.2, 0) is 10.0 Å². The summed E-state index contributed by atoms with van der Waals surface area (Å²) < 4.78 is 26.5.